The maximum atomic E-state index is 13.0. The number of hydrogen-bond donors (Lipinski definition) is 0. The molecule has 7 nitrogen and oxygen atoms in total. The number of nitro groups is 1. The number of para-hydroxylation sites is 1. The lowest BCUT2D eigenvalue weighted by molar-refractivity contribution is -0.384. The number of benzene rings is 2. The standard InChI is InChI=1S/C19H19N3O4/c1-2-3-9-17-18(23)20(14-7-5-4-6-8-14)21(19(17)24)15-10-12-16(13-11-15)22(25)26/h4-8,10-13,17H,2-3,9H2,1H3. The van der Waals surface area contributed by atoms with Crippen molar-refractivity contribution in [2.45, 2.75) is 26.2 Å². The lowest BCUT2D eigenvalue weighted by atomic mass is 10.0. The largest absolute Gasteiger partial charge is 0.272 e. The fourth-order valence-electron chi connectivity index (χ4n) is 3.02. The molecule has 3 rings (SSSR count). The molecule has 1 heterocycles. The monoisotopic (exact) mass is 353 g/mol. The fraction of sp³-hybridized carbons (Fsp3) is 0.263. The van der Waals surface area contributed by atoms with E-state index in [1.54, 1.807) is 24.3 Å². The van der Waals surface area contributed by atoms with Crippen molar-refractivity contribution in [2.75, 3.05) is 10.0 Å². The highest BCUT2D eigenvalue weighted by atomic mass is 16.6. The van der Waals surface area contributed by atoms with Crippen molar-refractivity contribution in [3.63, 3.8) is 0 Å². The summed E-state index contributed by atoms with van der Waals surface area (Å²) in [6.45, 7) is 2.01. The zero-order valence-electron chi connectivity index (χ0n) is 14.4. The Hall–Kier alpha value is -3.22. The van der Waals surface area contributed by atoms with Crippen molar-refractivity contribution in [3.8, 4) is 0 Å². The number of carbonyl (C=O) groups is 2. The maximum absolute atomic E-state index is 13.0. The molecule has 2 amide bonds. The van der Waals surface area contributed by atoms with E-state index in [0.717, 1.165) is 12.8 Å². The Morgan fingerprint density at radius 3 is 1.96 bits per heavy atom. The third-order valence-electron chi connectivity index (χ3n) is 4.37. The normalized spacial score (nSPS) is 17.0. The van der Waals surface area contributed by atoms with Gasteiger partial charge in [0.25, 0.3) is 17.5 Å². The van der Waals surface area contributed by atoms with Gasteiger partial charge in [0.1, 0.15) is 5.92 Å². The van der Waals surface area contributed by atoms with Crippen LogP contribution < -0.4 is 10.0 Å². The Labute approximate surface area is 151 Å². The summed E-state index contributed by atoms with van der Waals surface area (Å²) in [6, 6.07) is 14.6. The number of hydrogen-bond acceptors (Lipinski definition) is 4. The average Bonchev–Trinajstić information content (AvgIpc) is 2.91. The van der Waals surface area contributed by atoms with Crippen LogP contribution >= 0.6 is 0 Å². The quantitative estimate of drug-likeness (QED) is 0.450. The molecule has 134 valence electrons. The minimum Gasteiger partial charge on any atom is -0.272 e. The molecule has 0 bridgehead atoms. The van der Waals surface area contributed by atoms with Crippen LogP contribution in [0.15, 0.2) is 54.6 Å². The van der Waals surface area contributed by atoms with Crippen molar-refractivity contribution in [1.29, 1.82) is 0 Å². The third-order valence-corrected chi connectivity index (χ3v) is 4.37. The van der Waals surface area contributed by atoms with E-state index in [-0.39, 0.29) is 17.5 Å². The van der Waals surface area contributed by atoms with Gasteiger partial charge in [0.2, 0.25) is 0 Å². The van der Waals surface area contributed by atoms with E-state index in [0.29, 0.717) is 17.8 Å². The second-order valence-electron chi connectivity index (χ2n) is 6.10. The Kier molecular flexibility index (Phi) is 4.97. The summed E-state index contributed by atoms with van der Waals surface area (Å²) in [5.41, 5.74) is 0.945. The van der Waals surface area contributed by atoms with Crippen molar-refractivity contribution in [1.82, 2.24) is 0 Å². The molecule has 0 aromatic heterocycles. The van der Waals surface area contributed by atoms with Gasteiger partial charge in [-0.05, 0) is 30.7 Å². The van der Waals surface area contributed by atoms with E-state index in [9.17, 15) is 19.7 Å². The smallest absolute Gasteiger partial charge is 0.269 e. The van der Waals surface area contributed by atoms with Crippen LogP contribution in [0.2, 0.25) is 0 Å². The summed E-state index contributed by atoms with van der Waals surface area (Å²) in [5.74, 6) is -1.31. The van der Waals surface area contributed by atoms with Gasteiger partial charge < -0.3 is 0 Å². The molecule has 1 saturated heterocycles. The van der Waals surface area contributed by atoms with Gasteiger partial charge in [-0.2, -0.15) is 0 Å². The first kappa shape index (κ1) is 17.6. The van der Waals surface area contributed by atoms with Gasteiger partial charge in [0.05, 0.1) is 16.3 Å². The predicted molar refractivity (Wildman–Crippen MR) is 97.5 cm³/mol. The molecule has 0 aliphatic carbocycles. The summed E-state index contributed by atoms with van der Waals surface area (Å²) in [4.78, 5) is 36.3. The molecule has 26 heavy (non-hydrogen) atoms. The molecule has 0 N–H and O–H groups in total. The first-order valence-corrected chi connectivity index (χ1v) is 8.52. The van der Waals surface area contributed by atoms with E-state index < -0.39 is 10.8 Å². The molecule has 0 radical (unpaired) electrons. The summed E-state index contributed by atoms with van der Waals surface area (Å²) >= 11 is 0. The molecular weight excluding hydrogens is 334 g/mol. The van der Waals surface area contributed by atoms with Crippen molar-refractivity contribution < 1.29 is 14.5 Å². The highest BCUT2D eigenvalue weighted by Crippen LogP contribution is 2.34. The first-order chi connectivity index (χ1) is 12.5. The molecule has 0 spiro atoms. The molecule has 2 aromatic carbocycles. The number of non-ortho nitro benzene ring substituents is 1. The van der Waals surface area contributed by atoms with Crippen molar-refractivity contribution in [3.05, 3.63) is 64.7 Å². The molecule has 1 fully saturated rings. The molecule has 1 unspecified atom stereocenters. The summed E-state index contributed by atoms with van der Waals surface area (Å²) in [5, 5.41) is 13.6. The SMILES string of the molecule is CCCCC1C(=O)N(c2ccccc2)N(c2ccc([N+](=O)[O-])cc2)C1=O. The minimum absolute atomic E-state index is 0.0690. The molecule has 0 saturated carbocycles. The van der Waals surface area contributed by atoms with E-state index >= 15 is 0 Å². The Morgan fingerprint density at radius 2 is 1.46 bits per heavy atom. The topological polar surface area (TPSA) is 83.8 Å². The van der Waals surface area contributed by atoms with Crippen LogP contribution in [0.25, 0.3) is 0 Å². The second-order valence-corrected chi connectivity index (χ2v) is 6.10. The van der Waals surface area contributed by atoms with Crippen LogP contribution in [-0.2, 0) is 9.59 Å². The maximum Gasteiger partial charge on any atom is 0.269 e. The molecule has 1 aliphatic rings. The Balaban J connectivity index is 2.02. The van der Waals surface area contributed by atoms with Crippen molar-refractivity contribution >= 4 is 28.9 Å². The highest BCUT2D eigenvalue weighted by Gasteiger charge is 2.46. The van der Waals surface area contributed by atoms with Crippen LogP contribution in [0.5, 0.6) is 0 Å². The van der Waals surface area contributed by atoms with Gasteiger partial charge in [-0.25, -0.2) is 10.0 Å². The number of hydrazine groups is 1. The summed E-state index contributed by atoms with van der Waals surface area (Å²) in [7, 11) is 0. The number of carbonyl (C=O) groups excluding carboxylic acids is 2. The van der Waals surface area contributed by atoms with Crippen LogP contribution in [0.4, 0.5) is 17.1 Å². The van der Waals surface area contributed by atoms with Crippen molar-refractivity contribution in [2.24, 2.45) is 5.92 Å². The van der Waals surface area contributed by atoms with Gasteiger partial charge in [-0.15, -0.1) is 0 Å². The van der Waals surface area contributed by atoms with E-state index in [2.05, 4.69) is 0 Å². The molecular formula is C19H19N3O4. The predicted octanol–water partition coefficient (Wildman–Crippen LogP) is 3.70. The van der Waals surface area contributed by atoms with Crippen LogP contribution in [0.3, 0.4) is 0 Å². The highest BCUT2D eigenvalue weighted by molar-refractivity contribution is 6.23. The Bertz CT molecular complexity index is 820. The van der Waals surface area contributed by atoms with Gasteiger partial charge in [0.15, 0.2) is 0 Å². The number of nitro benzene ring substituents is 1. The first-order valence-electron chi connectivity index (χ1n) is 8.52. The summed E-state index contributed by atoms with van der Waals surface area (Å²) in [6.07, 6.45) is 2.15. The second kappa shape index (κ2) is 7.35. The molecule has 1 atom stereocenters. The Morgan fingerprint density at radius 1 is 0.923 bits per heavy atom. The number of amides is 2. The fourth-order valence-corrected chi connectivity index (χ4v) is 3.02. The zero-order valence-corrected chi connectivity index (χ0v) is 14.4. The van der Waals surface area contributed by atoms with E-state index in [1.165, 1.54) is 34.3 Å². The van der Waals surface area contributed by atoms with Crippen LogP contribution in [-0.4, -0.2) is 16.7 Å². The molecule has 7 heteroatoms. The molecule has 2 aromatic rings. The van der Waals surface area contributed by atoms with Gasteiger partial charge >= 0.3 is 0 Å². The average molecular weight is 353 g/mol. The minimum atomic E-state index is -0.731. The number of nitrogens with zero attached hydrogens (tertiary/aromatic N) is 3. The zero-order chi connectivity index (χ0) is 18.7. The van der Waals surface area contributed by atoms with Gasteiger partial charge in [0, 0.05) is 12.1 Å². The third kappa shape index (κ3) is 3.15. The van der Waals surface area contributed by atoms with Crippen LogP contribution in [0, 0.1) is 16.0 Å². The number of rotatable bonds is 6. The van der Waals surface area contributed by atoms with Crippen LogP contribution in [0.1, 0.15) is 26.2 Å². The van der Waals surface area contributed by atoms with Gasteiger partial charge in [-0.3, -0.25) is 19.7 Å². The van der Waals surface area contributed by atoms with E-state index in [4.69, 9.17) is 0 Å². The van der Waals surface area contributed by atoms with Gasteiger partial charge in [-0.1, -0.05) is 38.0 Å². The summed E-state index contributed by atoms with van der Waals surface area (Å²) < 4.78 is 0. The number of anilines is 2. The lowest BCUT2D eigenvalue weighted by Crippen LogP contribution is -2.41. The number of unbranched alkanes of at least 4 members (excludes halogenated alkanes) is 1. The lowest BCUT2D eigenvalue weighted by Gasteiger charge is -2.27. The van der Waals surface area contributed by atoms with E-state index in [1.807, 2.05) is 13.0 Å². The molecule has 1 aliphatic heterocycles.